The summed E-state index contributed by atoms with van der Waals surface area (Å²) in [6.07, 6.45) is 2.67. The molecule has 2 aliphatic rings. The van der Waals surface area contributed by atoms with E-state index < -0.39 is 0 Å². The SMILES string of the molecule is CN(C)c1cc([C@H]2CC(=O)N(Cc3ccccc3)C2)nc(C2CCNCC2)n1. The maximum atomic E-state index is 12.6. The number of hydrogen-bond acceptors (Lipinski definition) is 5. The Morgan fingerprint density at radius 2 is 1.86 bits per heavy atom. The molecule has 148 valence electrons. The number of aromatic nitrogens is 2. The number of piperidine rings is 1. The van der Waals surface area contributed by atoms with Gasteiger partial charge in [-0.15, -0.1) is 0 Å². The predicted octanol–water partition coefficient (Wildman–Crippen LogP) is 2.53. The zero-order valence-corrected chi connectivity index (χ0v) is 16.8. The van der Waals surface area contributed by atoms with E-state index in [1.54, 1.807) is 0 Å². The van der Waals surface area contributed by atoms with Crippen LogP contribution >= 0.6 is 0 Å². The Morgan fingerprint density at radius 3 is 2.57 bits per heavy atom. The minimum Gasteiger partial charge on any atom is -0.363 e. The van der Waals surface area contributed by atoms with Crippen molar-refractivity contribution < 1.29 is 4.79 Å². The summed E-state index contributed by atoms with van der Waals surface area (Å²) in [6, 6.07) is 12.3. The number of carbonyl (C=O) groups excluding carboxylic acids is 1. The second kappa shape index (κ2) is 8.27. The van der Waals surface area contributed by atoms with Gasteiger partial charge in [0.25, 0.3) is 0 Å². The van der Waals surface area contributed by atoms with Gasteiger partial charge in [0.05, 0.1) is 5.69 Å². The summed E-state index contributed by atoms with van der Waals surface area (Å²) in [7, 11) is 4.03. The molecular weight excluding hydrogens is 350 g/mol. The first kappa shape index (κ1) is 18.9. The maximum absolute atomic E-state index is 12.6. The van der Waals surface area contributed by atoms with Crippen molar-refractivity contribution in [3.63, 3.8) is 0 Å². The Morgan fingerprint density at radius 1 is 1.11 bits per heavy atom. The molecule has 6 heteroatoms. The van der Waals surface area contributed by atoms with Gasteiger partial charge in [-0.3, -0.25) is 4.79 Å². The monoisotopic (exact) mass is 379 g/mol. The quantitative estimate of drug-likeness (QED) is 0.865. The number of benzene rings is 1. The molecule has 4 rings (SSSR count). The number of nitrogens with one attached hydrogen (secondary N) is 1. The largest absolute Gasteiger partial charge is 0.363 e. The Bertz CT molecular complexity index is 817. The average Bonchev–Trinajstić information content (AvgIpc) is 3.09. The Kier molecular flexibility index (Phi) is 5.57. The molecule has 0 bridgehead atoms. The first-order valence-corrected chi connectivity index (χ1v) is 10.2. The molecule has 2 fully saturated rings. The third kappa shape index (κ3) is 4.17. The van der Waals surface area contributed by atoms with E-state index in [-0.39, 0.29) is 11.8 Å². The van der Waals surface area contributed by atoms with Crippen LogP contribution in [-0.2, 0) is 11.3 Å². The smallest absolute Gasteiger partial charge is 0.223 e. The van der Waals surface area contributed by atoms with E-state index in [4.69, 9.17) is 9.97 Å². The lowest BCUT2D eigenvalue weighted by Gasteiger charge is -2.24. The van der Waals surface area contributed by atoms with E-state index in [0.29, 0.717) is 18.9 Å². The van der Waals surface area contributed by atoms with E-state index in [9.17, 15) is 4.79 Å². The lowest BCUT2D eigenvalue weighted by atomic mass is 9.96. The Labute approximate surface area is 167 Å². The van der Waals surface area contributed by atoms with E-state index in [1.807, 2.05) is 42.1 Å². The Balaban J connectivity index is 1.56. The molecular formula is C22H29N5O. The fourth-order valence-corrected chi connectivity index (χ4v) is 4.10. The Hall–Kier alpha value is -2.47. The van der Waals surface area contributed by atoms with Gasteiger partial charge in [-0.25, -0.2) is 9.97 Å². The highest BCUT2D eigenvalue weighted by atomic mass is 16.2. The number of rotatable bonds is 5. The van der Waals surface area contributed by atoms with Crippen LogP contribution in [0.2, 0.25) is 0 Å². The second-order valence-electron chi connectivity index (χ2n) is 8.09. The van der Waals surface area contributed by atoms with Gasteiger partial charge < -0.3 is 15.1 Å². The summed E-state index contributed by atoms with van der Waals surface area (Å²) < 4.78 is 0. The van der Waals surface area contributed by atoms with Crippen LogP contribution in [0.25, 0.3) is 0 Å². The minimum atomic E-state index is 0.137. The van der Waals surface area contributed by atoms with Crippen LogP contribution in [0, 0.1) is 0 Å². The van der Waals surface area contributed by atoms with E-state index in [0.717, 1.165) is 49.8 Å². The summed E-state index contributed by atoms with van der Waals surface area (Å²) in [6.45, 7) is 3.43. The van der Waals surface area contributed by atoms with Crippen molar-refractivity contribution in [2.24, 2.45) is 0 Å². The first-order valence-electron chi connectivity index (χ1n) is 10.2. The van der Waals surface area contributed by atoms with Crippen molar-refractivity contribution in [2.75, 3.05) is 38.6 Å². The minimum absolute atomic E-state index is 0.137. The normalized spacial score (nSPS) is 20.6. The zero-order valence-electron chi connectivity index (χ0n) is 16.8. The molecule has 0 spiro atoms. The molecule has 1 amide bonds. The van der Waals surface area contributed by atoms with Crippen molar-refractivity contribution in [3.8, 4) is 0 Å². The van der Waals surface area contributed by atoms with Crippen molar-refractivity contribution in [2.45, 2.75) is 37.6 Å². The van der Waals surface area contributed by atoms with E-state index in [2.05, 4.69) is 23.5 Å². The lowest BCUT2D eigenvalue weighted by Crippen LogP contribution is -2.28. The van der Waals surface area contributed by atoms with Gasteiger partial charge in [0.1, 0.15) is 11.6 Å². The van der Waals surface area contributed by atoms with Crippen molar-refractivity contribution in [1.29, 1.82) is 0 Å². The standard InChI is InChI=1S/C22H29N5O/c1-26(2)20-13-19(24-22(25-20)17-8-10-23-11-9-17)18-12-21(28)27(15-18)14-16-6-4-3-5-7-16/h3-7,13,17-18,23H,8-12,14-15H2,1-2H3/t18-/m0/s1. The van der Waals surface area contributed by atoms with Gasteiger partial charge in [-0.05, 0) is 31.5 Å². The molecule has 0 aliphatic carbocycles. The second-order valence-corrected chi connectivity index (χ2v) is 8.09. The molecule has 1 atom stereocenters. The molecule has 0 unspecified atom stereocenters. The number of anilines is 1. The van der Waals surface area contributed by atoms with Gasteiger partial charge in [0.15, 0.2) is 0 Å². The highest BCUT2D eigenvalue weighted by Gasteiger charge is 2.32. The summed E-state index contributed by atoms with van der Waals surface area (Å²) in [5, 5.41) is 3.41. The molecule has 2 aliphatic heterocycles. The summed E-state index contributed by atoms with van der Waals surface area (Å²) >= 11 is 0. The van der Waals surface area contributed by atoms with Crippen LogP contribution in [-0.4, -0.2) is 54.5 Å². The van der Waals surface area contributed by atoms with Crippen molar-refractivity contribution in [1.82, 2.24) is 20.2 Å². The molecule has 1 N–H and O–H groups in total. The molecule has 2 saturated heterocycles. The fourth-order valence-electron chi connectivity index (χ4n) is 4.10. The summed E-state index contributed by atoms with van der Waals surface area (Å²) in [5.74, 6) is 2.63. The molecule has 3 heterocycles. The van der Waals surface area contributed by atoms with Crippen LogP contribution in [0.15, 0.2) is 36.4 Å². The summed E-state index contributed by atoms with van der Waals surface area (Å²) in [4.78, 5) is 26.4. The molecule has 28 heavy (non-hydrogen) atoms. The van der Waals surface area contributed by atoms with Gasteiger partial charge in [0, 0.05) is 51.5 Å². The number of amides is 1. The topological polar surface area (TPSA) is 61.4 Å². The van der Waals surface area contributed by atoms with Gasteiger partial charge in [-0.2, -0.15) is 0 Å². The highest BCUT2D eigenvalue weighted by Crippen LogP contribution is 2.32. The van der Waals surface area contributed by atoms with Crippen molar-refractivity contribution in [3.05, 3.63) is 53.5 Å². The van der Waals surface area contributed by atoms with Crippen LogP contribution in [0.5, 0.6) is 0 Å². The number of hydrogen-bond donors (Lipinski definition) is 1. The highest BCUT2D eigenvalue weighted by molar-refractivity contribution is 5.79. The van der Waals surface area contributed by atoms with Gasteiger partial charge in [0.2, 0.25) is 5.91 Å². The van der Waals surface area contributed by atoms with Crippen LogP contribution in [0.4, 0.5) is 5.82 Å². The maximum Gasteiger partial charge on any atom is 0.223 e. The molecule has 2 aromatic rings. The molecule has 1 aromatic heterocycles. The molecule has 1 aromatic carbocycles. The van der Waals surface area contributed by atoms with Crippen LogP contribution in [0.1, 0.15) is 48.2 Å². The predicted molar refractivity (Wildman–Crippen MR) is 110 cm³/mol. The number of nitrogens with zero attached hydrogens (tertiary/aromatic N) is 4. The van der Waals surface area contributed by atoms with E-state index in [1.165, 1.54) is 5.56 Å². The molecule has 0 radical (unpaired) electrons. The van der Waals surface area contributed by atoms with Crippen molar-refractivity contribution >= 4 is 11.7 Å². The first-order chi connectivity index (χ1) is 13.6. The van der Waals surface area contributed by atoms with E-state index >= 15 is 0 Å². The van der Waals surface area contributed by atoms with Gasteiger partial charge in [-0.1, -0.05) is 30.3 Å². The number of carbonyl (C=O) groups is 1. The molecule has 0 saturated carbocycles. The molecule has 6 nitrogen and oxygen atoms in total. The lowest BCUT2D eigenvalue weighted by molar-refractivity contribution is -0.128. The van der Waals surface area contributed by atoms with Gasteiger partial charge >= 0.3 is 0 Å². The average molecular weight is 380 g/mol. The third-order valence-corrected chi connectivity index (χ3v) is 5.76. The van der Waals surface area contributed by atoms with Crippen LogP contribution < -0.4 is 10.2 Å². The summed E-state index contributed by atoms with van der Waals surface area (Å²) in [5.41, 5.74) is 2.18. The zero-order chi connectivity index (χ0) is 19.5. The third-order valence-electron chi connectivity index (χ3n) is 5.76. The number of likely N-dealkylation sites (tertiary alicyclic amines) is 1. The fraction of sp³-hybridized carbons (Fsp3) is 0.500. The van der Waals surface area contributed by atoms with Crippen LogP contribution in [0.3, 0.4) is 0 Å².